The van der Waals surface area contributed by atoms with Gasteiger partial charge in [0.1, 0.15) is 11.4 Å². The number of methoxy groups -OCH3 is 1. The normalized spacial score (nSPS) is 14.0. The van der Waals surface area contributed by atoms with E-state index in [4.69, 9.17) is 4.74 Å². The van der Waals surface area contributed by atoms with E-state index in [1.54, 1.807) is 7.11 Å². The van der Waals surface area contributed by atoms with Crippen LogP contribution in [0.5, 0.6) is 5.75 Å². The minimum absolute atomic E-state index is 0.603. The maximum atomic E-state index is 10.9. The standard InChI is InChI=1S/C19H24O2/c1-14(2)12-15-6-5-7-17(13-15)19(3,20)16-8-10-18(21-4)11-9-16/h5-11,13-14,20H,12H2,1-4H3. The molecule has 0 radical (unpaired) electrons. The molecule has 112 valence electrons. The fourth-order valence-electron chi connectivity index (χ4n) is 2.55. The fourth-order valence-corrected chi connectivity index (χ4v) is 2.55. The summed E-state index contributed by atoms with van der Waals surface area (Å²) in [6, 6.07) is 15.8. The lowest BCUT2D eigenvalue weighted by molar-refractivity contribution is 0.102. The van der Waals surface area contributed by atoms with Crippen molar-refractivity contribution >= 4 is 0 Å². The van der Waals surface area contributed by atoms with E-state index in [1.807, 2.05) is 43.3 Å². The van der Waals surface area contributed by atoms with Gasteiger partial charge in [-0.1, -0.05) is 50.2 Å². The molecule has 2 aromatic rings. The zero-order valence-corrected chi connectivity index (χ0v) is 13.3. The Morgan fingerprint density at radius 2 is 1.71 bits per heavy atom. The maximum Gasteiger partial charge on any atom is 0.118 e. The van der Waals surface area contributed by atoms with Crippen LogP contribution in [-0.4, -0.2) is 12.2 Å². The first-order valence-corrected chi connectivity index (χ1v) is 7.40. The van der Waals surface area contributed by atoms with Gasteiger partial charge in [0.05, 0.1) is 7.11 Å². The van der Waals surface area contributed by atoms with Gasteiger partial charge in [0.25, 0.3) is 0 Å². The predicted molar refractivity (Wildman–Crippen MR) is 86.7 cm³/mol. The lowest BCUT2D eigenvalue weighted by Gasteiger charge is -2.25. The molecule has 1 unspecified atom stereocenters. The monoisotopic (exact) mass is 284 g/mol. The second-order valence-corrected chi connectivity index (χ2v) is 6.10. The SMILES string of the molecule is COc1ccc(C(C)(O)c2cccc(CC(C)C)c2)cc1. The molecule has 0 saturated carbocycles. The second kappa shape index (κ2) is 6.31. The minimum Gasteiger partial charge on any atom is -0.497 e. The van der Waals surface area contributed by atoms with E-state index in [2.05, 4.69) is 26.0 Å². The third kappa shape index (κ3) is 3.64. The lowest BCUT2D eigenvalue weighted by Crippen LogP contribution is -2.22. The van der Waals surface area contributed by atoms with Crippen LogP contribution >= 0.6 is 0 Å². The van der Waals surface area contributed by atoms with Crippen LogP contribution in [0.2, 0.25) is 0 Å². The third-order valence-corrected chi connectivity index (χ3v) is 3.79. The average Bonchev–Trinajstić information content (AvgIpc) is 2.47. The molecule has 2 heteroatoms. The van der Waals surface area contributed by atoms with Crippen molar-refractivity contribution in [2.24, 2.45) is 5.92 Å². The Kier molecular flexibility index (Phi) is 4.69. The van der Waals surface area contributed by atoms with E-state index in [0.29, 0.717) is 5.92 Å². The summed E-state index contributed by atoms with van der Waals surface area (Å²) in [5, 5.41) is 10.9. The summed E-state index contributed by atoms with van der Waals surface area (Å²) < 4.78 is 5.17. The van der Waals surface area contributed by atoms with Crippen molar-refractivity contribution in [3.8, 4) is 5.75 Å². The molecule has 0 aliphatic heterocycles. The average molecular weight is 284 g/mol. The van der Waals surface area contributed by atoms with Gasteiger partial charge in [0.15, 0.2) is 0 Å². The summed E-state index contributed by atoms with van der Waals surface area (Å²) in [7, 11) is 1.64. The van der Waals surface area contributed by atoms with E-state index in [9.17, 15) is 5.11 Å². The van der Waals surface area contributed by atoms with Crippen LogP contribution in [0.3, 0.4) is 0 Å². The summed E-state index contributed by atoms with van der Waals surface area (Å²) in [5.41, 5.74) is 2.05. The van der Waals surface area contributed by atoms with Crippen molar-refractivity contribution in [2.75, 3.05) is 7.11 Å². The molecule has 1 atom stereocenters. The molecule has 1 N–H and O–H groups in total. The van der Waals surface area contributed by atoms with Gasteiger partial charge >= 0.3 is 0 Å². The number of ether oxygens (including phenoxy) is 1. The van der Waals surface area contributed by atoms with Crippen LogP contribution in [0.1, 0.15) is 37.5 Å². The Bertz CT molecular complexity index is 583. The van der Waals surface area contributed by atoms with Crippen molar-refractivity contribution in [1.29, 1.82) is 0 Å². The minimum atomic E-state index is -1.00. The Morgan fingerprint density at radius 1 is 1.05 bits per heavy atom. The van der Waals surface area contributed by atoms with Crippen LogP contribution < -0.4 is 4.74 Å². The molecule has 0 aliphatic carbocycles. The first kappa shape index (κ1) is 15.6. The van der Waals surface area contributed by atoms with Crippen molar-refractivity contribution in [3.63, 3.8) is 0 Å². The largest absolute Gasteiger partial charge is 0.497 e. The fraction of sp³-hybridized carbons (Fsp3) is 0.368. The van der Waals surface area contributed by atoms with Crippen LogP contribution in [0.4, 0.5) is 0 Å². The molecule has 2 rings (SSSR count). The molecule has 0 fully saturated rings. The Labute approximate surface area is 127 Å². The number of hydrogen-bond donors (Lipinski definition) is 1. The van der Waals surface area contributed by atoms with Gasteiger partial charge in [-0.25, -0.2) is 0 Å². The molecule has 2 aromatic carbocycles. The van der Waals surface area contributed by atoms with Crippen LogP contribution in [0, 0.1) is 5.92 Å². The lowest BCUT2D eigenvalue weighted by atomic mass is 9.86. The highest BCUT2D eigenvalue weighted by Crippen LogP contribution is 2.31. The van der Waals surface area contributed by atoms with Gasteiger partial charge in [-0.2, -0.15) is 0 Å². The summed E-state index contributed by atoms with van der Waals surface area (Å²) in [5.74, 6) is 1.40. The zero-order chi connectivity index (χ0) is 15.5. The molecule has 0 saturated heterocycles. The molecular formula is C19H24O2. The molecule has 0 bridgehead atoms. The van der Waals surface area contributed by atoms with Gasteiger partial charge in [-0.3, -0.25) is 0 Å². The molecule has 21 heavy (non-hydrogen) atoms. The highest BCUT2D eigenvalue weighted by molar-refractivity contribution is 5.39. The van der Waals surface area contributed by atoms with Crippen molar-refractivity contribution in [1.82, 2.24) is 0 Å². The van der Waals surface area contributed by atoms with Crippen LogP contribution in [0.15, 0.2) is 48.5 Å². The number of aliphatic hydroxyl groups is 1. The van der Waals surface area contributed by atoms with Crippen LogP contribution in [0.25, 0.3) is 0 Å². The molecular weight excluding hydrogens is 260 g/mol. The Hall–Kier alpha value is -1.80. The van der Waals surface area contributed by atoms with Gasteiger partial charge < -0.3 is 9.84 Å². The first-order chi connectivity index (χ1) is 9.93. The summed E-state index contributed by atoms with van der Waals surface area (Å²) >= 11 is 0. The second-order valence-electron chi connectivity index (χ2n) is 6.10. The zero-order valence-electron chi connectivity index (χ0n) is 13.3. The smallest absolute Gasteiger partial charge is 0.118 e. The van der Waals surface area contributed by atoms with Crippen molar-refractivity contribution in [3.05, 3.63) is 65.2 Å². The Morgan fingerprint density at radius 3 is 2.29 bits per heavy atom. The maximum absolute atomic E-state index is 10.9. The predicted octanol–water partition coefficient (Wildman–Crippen LogP) is 4.15. The highest BCUT2D eigenvalue weighted by Gasteiger charge is 2.25. The molecule has 0 aromatic heterocycles. The van der Waals surface area contributed by atoms with Crippen molar-refractivity contribution in [2.45, 2.75) is 32.8 Å². The quantitative estimate of drug-likeness (QED) is 0.893. The number of benzene rings is 2. The third-order valence-electron chi connectivity index (χ3n) is 3.79. The van der Waals surface area contributed by atoms with Gasteiger partial charge in [0, 0.05) is 0 Å². The van der Waals surface area contributed by atoms with Gasteiger partial charge in [-0.05, 0) is 48.1 Å². The van der Waals surface area contributed by atoms with Gasteiger partial charge in [-0.15, -0.1) is 0 Å². The summed E-state index contributed by atoms with van der Waals surface area (Å²) in [6.45, 7) is 6.24. The van der Waals surface area contributed by atoms with E-state index in [0.717, 1.165) is 23.3 Å². The van der Waals surface area contributed by atoms with E-state index in [1.165, 1.54) is 5.56 Å². The summed E-state index contributed by atoms with van der Waals surface area (Å²) in [6.07, 6.45) is 1.02. The Balaban J connectivity index is 2.33. The molecule has 0 spiro atoms. The first-order valence-electron chi connectivity index (χ1n) is 7.40. The topological polar surface area (TPSA) is 29.5 Å². The van der Waals surface area contributed by atoms with Crippen molar-refractivity contribution < 1.29 is 9.84 Å². The summed E-state index contributed by atoms with van der Waals surface area (Å²) in [4.78, 5) is 0. The van der Waals surface area contributed by atoms with E-state index >= 15 is 0 Å². The van der Waals surface area contributed by atoms with Gasteiger partial charge in [0.2, 0.25) is 0 Å². The number of hydrogen-bond acceptors (Lipinski definition) is 2. The molecule has 0 heterocycles. The van der Waals surface area contributed by atoms with E-state index < -0.39 is 5.60 Å². The van der Waals surface area contributed by atoms with E-state index in [-0.39, 0.29) is 0 Å². The van der Waals surface area contributed by atoms with Crippen LogP contribution in [-0.2, 0) is 12.0 Å². The molecule has 0 amide bonds. The highest BCUT2D eigenvalue weighted by atomic mass is 16.5. The molecule has 0 aliphatic rings. The number of rotatable bonds is 5. The molecule has 2 nitrogen and oxygen atoms in total.